The molecule has 1 aliphatic rings. The lowest BCUT2D eigenvalue weighted by molar-refractivity contribution is -0.143. The van der Waals surface area contributed by atoms with Crippen molar-refractivity contribution < 1.29 is 14.7 Å². The number of hydrogen-bond donors (Lipinski definition) is 2. The zero-order valence-electron chi connectivity index (χ0n) is 12.8. The molecule has 0 spiro atoms. The molecule has 0 saturated heterocycles. The van der Waals surface area contributed by atoms with E-state index in [-0.39, 0.29) is 16.7 Å². The van der Waals surface area contributed by atoms with Crippen molar-refractivity contribution in [1.29, 1.82) is 0 Å². The lowest BCUT2D eigenvalue weighted by Crippen LogP contribution is -2.44. The maximum absolute atomic E-state index is 12.0. The third-order valence-electron chi connectivity index (χ3n) is 3.57. The largest absolute Gasteiger partial charge is 0.481 e. The van der Waals surface area contributed by atoms with Crippen LogP contribution in [0.25, 0.3) is 0 Å². The fourth-order valence-electron chi connectivity index (χ4n) is 2.48. The molecule has 2 N–H and O–H groups in total. The average molecular weight is 301 g/mol. The summed E-state index contributed by atoms with van der Waals surface area (Å²) in [5, 5.41) is 12.3. The summed E-state index contributed by atoms with van der Waals surface area (Å²) in [7, 11) is 0. The number of carboxylic acids is 1. The van der Waals surface area contributed by atoms with Crippen molar-refractivity contribution in [2.75, 3.05) is 5.75 Å². The molecule has 0 aliphatic heterocycles. The van der Waals surface area contributed by atoms with Gasteiger partial charge in [-0.2, -0.15) is 0 Å². The highest BCUT2D eigenvalue weighted by molar-refractivity contribution is 8.01. The van der Waals surface area contributed by atoms with Crippen molar-refractivity contribution >= 4 is 23.6 Å². The molecule has 1 fully saturated rings. The predicted octanol–water partition coefficient (Wildman–Crippen LogP) is 3.06. The zero-order chi connectivity index (χ0) is 15.2. The number of carbonyl (C=O) groups is 2. The lowest BCUT2D eigenvalue weighted by atomic mass is 9.87. The molecule has 0 radical (unpaired) electrons. The zero-order valence-corrected chi connectivity index (χ0v) is 13.6. The molecule has 1 amide bonds. The van der Waals surface area contributed by atoms with E-state index in [1.165, 1.54) is 0 Å². The second kappa shape index (κ2) is 7.91. The molecular formula is C15H27NO3S. The van der Waals surface area contributed by atoms with E-state index in [1.807, 2.05) is 0 Å². The molecule has 2 unspecified atom stereocenters. The van der Waals surface area contributed by atoms with Gasteiger partial charge in [0.05, 0.1) is 11.7 Å². The second-order valence-electron chi connectivity index (χ2n) is 6.51. The minimum absolute atomic E-state index is 0.0400. The molecule has 20 heavy (non-hydrogen) atoms. The van der Waals surface area contributed by atoms with Gasteiger partial charge in [0, 0.05) is 10.8 Å². The highest BCUT2D eigenvalue weighted by Crippen LogP contribution is 2.25. The fraction of sp³-hybridized carbons (Fsp3) is 0.867. The van der Waals surface area contributed by atoms with Crippen LogP contribution in [-0.2, 0) is 9.59 Å². The van der Waals surface area contributed by atoms with Crippen molar-refractivity contribution in [3.05, 3.63) is 0 Å². The number of rotatable bonds is 4. The van der Waals surface area contributed by atoms with Crippen molar-refractivity contribution in [2.45, 2.75) is 70.1 Å². The van der Waals surface area contributed by atoms with Crippen LogP contribution in [0.3, 0.4) is 0 Å². The summed E-state index contributed by atoms with van der Waals surface area (Å²) in [5.41, 5.74) is 0. The molecule has 0 heterocycles. The van der Waals surface area contributed by atoms with Crippen LogP contribution in [0.4, 0.5) is 0 Å². The minimum atomic E-state index is -0.777. The van der Waals surface area contributed by atoms with Gasteiger partial charge >= 0.3 is 5.97 Å². The predicted molar refractivity (Wildman–Crippen MR) is 83.0 cm³/mol. The van der Waals surface area contributed by atoms with Gasteiger partial charge in [-0.25, -0.2) is 0 Å². The lowest BCUT2D eigenvalue weighted by Gasteiger charge is -2.27. The van der Waals surface area contributed by atoms with Gasteiger partial charge in [0.25, 0.3) is 0 Å². The van der Waals surface area contributed by atoms with E-state index < -0.39 is 11.9 Å². The van der Waals surface area contributed by atoms with Gasteiger partial charge < -0.3 is 10.4 Å². The summed E-state index contributed by atoms with van der Waals surface area (Å²) >= 11 is 1.59. The first kappa shape index (κ1) is 17.3. The van der Waals surface area contributed by atoms with Gasteiger partial charge in [0.2, 0.25) is 5.91 Å². The quantitative estimate of drug-likeness (QED) is 0.837. The number of nitrogens with one attached hydrogen (secondary N) is 1. The monoisotopic (exact) mass is 301 g/mol. The number of hydrogen-bond acceptors (Lipinski definition) is 3. The molecule has 1 aliphatic carbocycles. The normalized spacial score (nSPS) is 24.6. The fourth-order valence-corrected chi connectivity index (χ4v) is 3.13. The summed E-state index contributed by atoms with van der Waals surface area (Å²) in [4.78, 5) is 23.4. The van der Waals surface area contributed by atoms with Crippen molar-refractivity contribution in [2.24, 2.45) is 5.92 Å². The van der Waals surface area contributed by atoms with Gasteiger partial charge in [-0.05, 0) is 12.8 Å². The van der Waals surface area contributed by atoms with E-state index in [0.29, 0.717) is 12.2 Å². The number of amides is 1. The number of aliphatic carboxylic acids is 1. The van der Waals surface area contributed by atoms with Crippen molar-refractivity contribution in [1.82, 2.24) is 5.32 Å². The maximum Gasteiger partial charge on any atom is 0.308 e. The first-order chi connectivity index (χ1) is 9.29. The van der Waals surface area contributed by atoms with E-state index in [1.54, 1.807) is 11.8 Å². The Balaban J connectivity index is 2.55. The van der Waals surface area contributed by atoms with Crippen LogP contribution in [0.15, 0.2) is 0 Å². The standard InChI is InChI=1S/C15H27NO3S/c1-15(2,3)20-10-13(17)16-12-9-7-5-4-6-8-11(12)14(18)19/h11-12H,4-10H2,1-3H3,(H,16,17)(H,18,19). The van der Waals surface area contributed by atoms with E-state index >= 15 is 0 Å². The number of carboxylic acid groups (broad SMARTS) is 1. The van der Waals surface area contributed by atoms with Crippen LogP contribution >= 0.6 is 11.8 Å². The molecule has 0 aromatic rings. The topological polar surface area (TPSA) is 66.4 Å². The Bertz CT molecular complexity index is 339. The number of thioether (sulfide) groups is 1. The highest BCUT2D eigenvalue weighted by atomic mass is 32.2. The van der Waals surface area contributed by atoms with Crippen LogP contribution in [0, 0.1) is 5.92 Å². The van der Waals surface area contributed by atoms with Crippen molar-refractivity contribution in [3.8, 4) is 0 Å². The minimum Gasteiger partial charge on any atom is -0.481 e. The third-order valence-corrected chi connectivity index (χ3v) is 4.84. The summed E-state index contributed by atoms with van der Waals surface area (Å²) in [5.74, 6) is -0.854. The Morgan fingerprint density at radius 3 is 2.30 bits per heavy atom. The molecular weight excluding hydrogens is 274 g/mol. The Morgan fingerprint density at radius 1 is 1.15 bits per heavy atom. The Kier molecular flexibility index (Phi) is 6.86. The van der Waals surface area contributed by atoms with Gasteiger partial charge in [-0.15, -0.1) is 11.8 Å². The van der Waals surface area contributed by atoms with Gasteiger partial charge in [0.1, 0.15) is 0 Å². The second-order valence-corrected chi connectivity index (χ2v) is 8.31. The van der Waals surface area contributed by atoms with E-state index in [4.69, 9.17) is 0 Å². The van der Waals surface area contributed by atoms with Gasteiger partial charge in [-0.3, -0.25) is 9.59 Å². The van der Waals surface area contributed by atoms with Crippen LogP contribution in [0.5, 0.6) is 0 Å². The molecule has 0 bridgehead atoms. The summed E-state index contributed by atoms with van der Waals surface area (Å²) in [6, 6.07) is -0.208. The first-order valence-electron chi connectivity index (χ1n) is 7.46. The van der Waals surface area contributed by atoms with Crippen molar-refractivity contribution in [3.63, 3.8) is 0 Å². The Morgan fingerprint density at radius 2 is 1.75 bits per heavy atom. The van der Waals surface area contributed by atoms with Gasteiger partial charge in [-0.1, -0.05) is 46.5 Å². The van der Waals surface area contributed by atoms with E-state index in [0.717, 1.165) is 32.1 Å². The average Bonchev–Trinajstić information content (AvgIpc) is 2.29. The maximum atomic E-state index is 12.0. The van der Waals surface area contributed by atoms with Crippen LogP contribution in [0.1, 0.15) is 59.3 Å². The van der Waals surface area contributed by atoms with E-state index in [9.17, 15) is 14.7 Å². The SMILES string of the molecule is CC(C)(C)SCC(=O)NC1CCCCCCC1C(=O)O. The molecule has 116 valence electrons. The first-order valence-corrected chi connectivity index (χ1v) is 8.44. The molecule has 0 aromatic heterocycles. The van der Waals surface area contributed by atoms with Gasteiger partial charge in [0.15, 0.2) is 0 Å². The summed E-state index contributed by atoms with van der Waals surface area (Å²) < 4.78 is 0.0461. The third kappa shape index (κ3) is 6.64. The summed E-state index contributed by atoms with van der Waals surface area (Å²) in [6.45, 7) is 6.21. The molecule has 1 rings (SSSR count). The highest BCUT2D eigenvalue weighted by Gasteiger charge is 2.30. The Labute approximate surface area is 126 Å². The number of carbonyl (C=O) groups excluding carboxylic acids is 1. The molecule has 4 nitrogen and oxygen atoms in total. The molecule has 2 atom stereocenters. The van der Waals surface area contributed by atoms with Crippen LogP contribution in [-0.4, -0.2) is 33.5 Å². The molecule has 1 saturated carbocycles. The Hall–Kier alpha value is -0.710. The van der Waals surface area contributed by atoms with E-state index in [2.05, 4.69) is 26.1 Å². The van der Waals surface area contributed by atoms with Crippen LogP contribution in [0.2, 0.25) is 0 Å². The van der Waals surface area contributed by atoms with Crippen LogP contribution < -0.4 is 5.32 Å². The molecule has 5 heteroatoms. The smallest absolute Gasteiger partial charge is 0.308 e. The molecule has 0 aromatic carbocycles. The summed E-state index contributed by atoms with van der Waals surface area (Å²) in [6.07, 6.45) is 5.64.